The standard InChI is InChI=1S/C70H48N2/c1-69(2)59-29-13-9-26-55(59)57-43-58-66(44-63(57)69)72(48-21-7-4-8-22-48)64-33-17-27-51(67(58)64)47-37-41-50(42-38-47)71(49-39-35-46(36-40-49)45-19-5-3-6-20-45)65-34-18-28-56-54-25-12-16-32-62(54)70(68(56)65)60-30-14-10-23-52(60)53-24-11-15-31-61(53)70/h3-44H,1-2H3. The molecule has 0 atom stereocenters. The van der Waals surface area contributed by atoms with Gasteiger partial charge in [0.05, 0.1) is 22.1 Å². The quantitative estimate of drug-likeness (QED) is 0.161. The van der Waals surface area contributed by atoms with Crippen molar-refractivity contribution in [2.45, 2.75) is 24.7 Å². The first-order valence-corrected chi connectivity index (χ1v) is 25.3. The van der Waals surface area contributed by atoms with Crippen LogP contribution in [0.4, 0.5) is 17.1 Å². The predicted molar refractivity (Wildman–Crippen MR) is 300 cm³/mol. The van der Waals surface area contributed by atoms with Crippen LogP contribution in [0.25, 0.3) is 83.1 Å². The molecule has 1 spiro atoms. The molecular weight excluding hydrogens is 869 g/mol. The molecule has 338 valence electrons. The van der Waals surface area contributed by atoms with Crippen LogP contribution in [0.1, 0.15) is 47.2 Å². The Morgan fingerprint density at radius 2 is 0.806 bits per heavy atom. The number of para-hydroxylation sites is 1. The Hall–Kier alpha value is -8.98. The summed E-state index contributed by atoms with van der Waals surface area (Å²) in [6, 6.07) is 95.2. The Morgan fingerprint density at radius 3 is 1.43 bits per heavy atom. The normalized spacial score (nSPS) is 13.9. The van der Waals surface area contributed by atoms with E-state index < -0.39 is 5.41 Å². The van der Waals surface area contributed by atoms with Gasteiger partial charge in [-0.2, -0.15) is 0 Å². The predicted octanol–water partition coefficient (Wildman–Crippen LogP) is 18.2. The summed E-state index contributed by atoms with van der Waals surface area (Å²) in [5.74, 6) is 0. The van der Waals surface area contributed by atoms with Gasteiger partial charge in [-0.15, -0.1) is 0 Å². The molecule has 3 aliphatic carbocycles. The lowest BCUT2D eigenvalue weighted by Crippen LogP contribution is -2.28. The van der Waals surface area contributed by atoms with E-state index >= 15 is 0 Å². The maximum atomic E-state index is 2.51. The van der Waals surface area contributed by atoms with E-state index in [0.29, 0.717) is 0 Å². The molecule has 1 heterocycles. The maximum absolute atomic E-state index is 2.51. The Balaban J connectivity index is 0.953. The lowest BCUT2D eigenvalue weighted by Gasteiger charge is -2.36. The first-order chi connectivity index (χ1) is 35.5. The number of anilines is 3. The average Bonchev–Trinajstić information content (AvgIpc) is 4.12. The highest BCUT2D eigenvalue weighted by atomic mass is 15.1. The Morgan fingerprint density at radius 1 is 0.333 bits per heavy atom. The number of rotatable bonds is 6. The van der Waals surface area contributed by atoms with Gasteiger partial charge in [0.2, 0.25) is 0 Å². The molecule has 12 aromatic rings. The fraction of sp³-hybridized carbons (Fsp3) is 0.0571. The van der Waals surface area contributed by atoms with Crippen molar-refractivity contribution in [3.8, 4) is 61.3 Å². The maximum Gasteiger partial charge on any atom is 0.0746 e. The van der Waals surface area contributed by atoms with Crippen LogP contribution >= 0.6 is 0 Å². The van der Waals surface area contributed by atoms with Gasteiger partial charge in [0.15, 0.2) is 0 Å². The van der Waals surface area contributed by atoms with Crippen LogP contribution in [0, 0.1) is 0 Å². The molecule has 0 bridgehead atoms. The van der Waals surface area contributed by atoms with Crippen molar-refractivity contribution in [1.29, 1.82) is 0 Å². The van der Waals surface area contributed by atoms with E-state index in [1.165, 1.54) is 117 Å². The first-order valence-electron chi connectivity index (χ1n) is 25.3. The summed E-state index contributed by atoms with van der Waals surface area (Å²) in [6.45, 7) is 4.75. The highest BCUT2D eigenvalue weighted by Crippen LogP contribution is 2.65. The number of nitrogens with zero attached hydrogens (tertiary/aromatic N) is 2. The summed E-state index contributed by atoms with van der Waals surface area (Å²) in [6.07, 6.45) is 0. The van der Waals surface area contributed by atoms with E-state index in [-0.39, 0.29) is 5.41 Å². The minimum atomic E-state index is -0.517. The molecule has 2 nitrogen and oxygen atoms in total. The zero-order valence-electron chi connectivity index (χ0n) is 40.1. The Kier molecular flexibility index (Phi) is 8.66. The Labute approximate surface area is 420 Å². The highest BCUT2D eigenvalue weighted by molar-refractivity contribution is 6.17. The van der Waals surface area contributed by atoms with Crippen LogP contribution in [-0.2, 0) is 10.8 Å². The summed E-state index contributed by atoms with van der Waals surface area (Å²) < 4.78 is 2.48. The van der Waals surface area contributed by atoms with Crippen LogP contribution in [0.5, 0.6) is 0 Å². The van der Waals surface area contributed by atoms with Crippen molar-refractivity contribution in [3.05, 3.63) is 288 Å². The molecule has 2 heteroatoms. The molecular formula is C70H48N2. The van der Waals surface area contributed by atoms with Crippen molar-refractivity contribution in [3.63, 3.8) is 0 Å². The Bertz CT molecular complexity index is 4090. The third-order valence-corrected chi connectivity index (χ3v) is 16.4. The summed E-state index contributed by atoms with van der Waals surface area (Å²) >= 11 is 0. The second kappa shape index (κ2) is 15.3. The molecule has 15 rings (SSSR count). The molecule has 0 amide bonds. The van der Waals surface area contributed by atoms with E-state index in [0.717, 1.165) is 17.1 Å². The number of aromatic nitrogens is 1. The van der Waals surface area contributed by atoms with Crippen molar-refractivity contribution < 1.29 is 0 Å². The molecule has 0 aliphatic heterocycles. The summed E-state index contributed by atoms with van der Waals surface area (Å²) in [4.78, 5) is 2.51. The molecule has 0 N–H and O–H groups in total. The van der Waals surface area contributed by atoms with Gasteiger partial charge in [0.25, 0.3) is 0 Å². The fourth-order valence-corrected chi connectivity index (χ4v) is 13.3. The van der Waals surface area contributed by atoms with Crippen LogP contribution < -0.4 is 4.90 Å². The zero-order valence-corrected chi connectivity index (χ0v) is 40.1. The van der Waals surface area contributed by atoms with Crippen molar-refractivity contribution in [2.24, 2.45) is 0 Å². The van der Waals surface area contributed by atoms with Gasteiger partial charge >= 0.3 is 0 Å². The largest absolute Gasteiger partial charge is 0.310 e. The van der Waals surface area contributed by atoms with E-state index in [4.69, 9.17) is 0 Å². The lowest BCUT2D eigenvalue weighted by atomic mass is 9.70. The van der Waals surface area contributed by atoms with Gasteiger partial charge in [-0.3, -0.25) is 0 Å². The molecule has 3 aliphatic rings. The SMILES string of the molecule is CC1(C)c2ccccc2-c2cc3c4c(-c5ccc(N(c6ccc(-c7ccccc7)cc6)c6cccc7c6C6(c8ccccc8-c8ccccc86)c6ccccc6-7)cc5)cccc4n(-c4ccccc4)c3cc21. The lowest BCUT2D eigenvalue weighted by molar-refractivity contribution is 0.661. The van der Waals surface area contributed by atoms with Crippen molar-refractivity contribution in [1.82, 2.24) is 4.57 Å². The van der Waals surface area contributed by atoms with Crippen LogP contribution in [0.3, 0.4) is 0 Å². The number of hydrogen-bond acceptors (Lipinski definition) is 1. The van der Waals surface area contributed by atoms with Gasteiger partial charge in [-0.05, 0) is 144 Å². The monoisotopic (exact) mass is 916 g/mol. The van der Waals surface area contributed by atoms with E-state index in [1.54, 1.807) is 0 Å². The van der Waals surface area contributed by atoms with Gasteiger partial charge in [-0.25, -0.2) is 0 Å². The highest BCUT2D eigenvalue weighted by Gasteiger charge is 2.53. The molecule has 0 unspecified atom stereocenters. The van der Waals surface area contributed by atoms with Gasteiger partial charge < -0.3 is 9.47 Å². The van der Waals surface area contributed by atoms with Crippen molar-refractivity contribution >= 4 is 38.9 Å². The minimum Gasteiger partial charge on any atom is -0.310 e. The third-order valence-electron chi connectivity index (χ3n) is 16.4. The second-order valence-electron chi connectivity index (χ2n) is 20.3. The van der Waals surface area contributed by atoms with Gasteiger partial charge in [-0.1, -0.05) is 208 Å². The molecule has 0 saturated heterocycles. The van der Waals surface area contributed by atoms with Crippen LogP contribution in [-0.4, -0.2) is 4.57 Å². The van der Waals surface area contributed by atoms with Crippen molar-refractivity contribution in [2.75, 3.05) is 4.90 Å². The third kappa shape index (κ3) is 5.55. The smallest absolute Gasteiger partial charge is 0.0746 e. The van der Waals surface area contributed by atoms with Crippen LogP contribution in [0.15, 0.2) is 255 Å². The molecule has 1 aromatic heterocycles. The number of fused-ring (bicyclic) bond motifs is 16. The molecule has 11 aromatic carbocycles. The topological polar surface area (TPSA) is 8.17 Å². The summed E-state index contributed by atoms with van der Waals surface area (Å²) in [7, 11) is 0. The summed E-state index contributed by atoms with van der Waals surface area (Å²) in [5.41, 5.74) is 27.0. The van der Waals surface area contributed by atoms with Gasteiger partial charge in [0, 0.05) is 38.8 Å². The van der Waals surface area contributed by atoms with E-state index in [9.17, 15) is 0 Å². The van der Waals surface area contributed by atoms with Gasteiger partial charge in [0.1, 0.15) is 0 Å². The van der Waals surface area contributed by atoms with E-state index in [2.05, 4.69) is 278 Å². The average molecular weight is 917 g/mol. The second-order valence-corrected chi connectivity index (χ2v) is 20.3. The molecule has 0 saturated carbocycles. The molecule has 0 fully saturated rings. The number of benzene rings is 11. The van der Waals surface area contributed by atoms with Crippen LogP contribution in [0.2, 0.25) is 0 Å². The minimum absolute atomic E-state index is 0.115. The zero-order chi connectivity index (χ0) is 47.7. The first kappa shape index (κ1) is 40.9. The number of hydrogen-bond donors (Lipinski definition) is 0. The molecule has 72 heavy (non-hydrogen) atoms. The molecule has 0 radical (unpaired) electrons. The van der Waals surface area contributed by atoms with E-state index in [1.807, 2.05) is 0 Å². The summed E-state index contributed by atoms with van der Waals surface area (Å²) in [5, 5.41) is 2.53. The fourth-order valence-electron chi connectivity index (χ4n) is 13.3.